The van der Waals surface area contributed by atoms with E-state index >= 15 is 8.78 Å². The third-order valence-electron chi connectivity index (χ3n) is 7.46. The highest BCUT2D eigenvalue weighted by atomic mass is 19.1. The fourth-order valence-electron chi connectivity index (χ4n) is 5.32. The predicted octanol–water partition coefficient (Wildman–Crippen LogP) is 4.52. The highest BCUT2D eigenvalue weighted by Crippen LogP contribution is 2.31. The van der Waals surface area contributed by atoms with Crippen LogP contribution in [0.5, 0.6) is 11.5 Å². The van der Waals surface area contributed by atoms with Gasteiger partial charge in [0.05, 0.1) is 16.8 Å². The summed E-state index contributed by atoms with van der Waals surface area (Å²) in [7, 11) is 2.16. The van der Waals surface area contributed by atoms with E-state index in [0.717, 1.165) is 64.0 Å². The van der Waals surface area contributed by atoms with Crippen molar-refractivity contribution in [2.45, 2.75) is 37.8 Å². The summed E-state index contributed by atoms with van der Waals surface area (Å²) in [6.45, 7) is 4.37. The van der Waals surface area contributed by atoms with Gasteiger partial charge in [-0.15, -0.1) is 0 Å². The minimum absolute atomic E-state index is 0.00417. The Morgan fingerprint density at radius 3 is 2.26 bits per heavy atom. The number of aromatic nitrogens is 2. The molecule has 0 unspecified atom stereocenters. The van der Waals surface area contributed by atoms with Gasteiger partial charge in [0.1, 0.15) is 41.1 Å². The van der Waals surface area contributed by atoms with E-state index < -0.39 is 22.9 Å². The maximum Gasteiger partial charge on any atom is 0.141 e. The van der Waals surface area contributed by atoms with Gasteiger partial charge in [-0.3, -0.25) is 10.3 Å². The van der Waals surface area contributed by atoms with Crippen molar-refractivity contribution in [2.24, 2.45) is 0 Å². The van der Waals surface area contributed by atoms with Crippen LogP contribution in [0.3, 0.4) is 0 Å². The van der Waals surface area contributed by atoms with E-state index in [2.05, 4.69) is 32.1 Å². The van der Waals surface area contributed by atoms with Crippen LogP contribution in [0.1, 0.15) is 36.8 Å². The summed E-state index contributed by atoms with van der Waals surface area (Å²) in [5.41, 5.74) is 5.28. The van der Waals surface area contributed by atoms with Crippen LogP contribution < -0.4 is 15.8 Å². The number of nitrogens with two attached hydrogens (primary N) is 1. The molecule has 1 saturated carbocycles. The Kier molecular flexibility index (Phi) is 7.80. The summed E-state index contributed by atoms with van der Waals surface area (Å²) in [4.78, 5) is 13.2. The standard InChI is InChI=1S/C28H33F2N7O/c1-36-11-13-37(14-12-36)19-9-7-18(8-10-19)35-28-25(27(32)33-17-34-28)26(31)24-22(29)15-21(16-23(24)30)38-20-5-3-2-4-6-20/h2-6,15-19,31H,7-14H2,1H3,(H3,32,33,34,35). The zero-order valence-electron chi connectivity index (χ0n) is 21.5. The van der Waals surface area contributed by atoms with Gasteiger partial charge in [-0.1, -0.05) is 18.2 Å². The molecule has 3 aromatic rings. The molecular formula is C28H33F2N7O. The van der Waals surface area contributed by atoms with Crippen LogP contribution in [0.2, 0.25) is 0 Å². The molecule has 1 aliphatic carbocycles. The fraction of sp³-hybridized carbons (Fsp3) is 0.393. The lowest BCUT2D eigenvalue weighted by Crippen LogP contribution is -2.50. The van der Waals surface area contributed by atoms with E-state index in [4.69, 9.17) is 15.9 Å². The minimum atomic E-state index is -0.928. The molecule has 1 saturated heterocycles. The average Bonchev–Trinajstić information content (AvgIpc) is 2.90. The SMILES string of the molecule is CN1CCN(C2CCC(Nc3ncnc(N)c3C(=N)c3c(F)cc(Oc4ccccc4)cc3F)CC2)CC1. The summed E-state index contributed by atoms with van der Waals surface area (Å²) < 4.78 is 35.9. The smallest absolute Gasteiger partial charge is 0.141 e. The number of hydrogen-bond acceptors (Lipinski definition) is 8. The molecule has 1 aliphatic heterocycles. The van der Waals surface area contributed by atoms with Gasteiger partial charge in [0.15, 0.2) is 0 Å². The number of piperazine rings is 1. The second kappa shape index (κ2) is 11.4. The van der Waals surface area contributed by atoms with Crippen LogP contribution in [0, 0.1) is 17.0 Å². The normalized spacial score (nSPS) is 20.7. The van der Waals surface area contributed by atoms with Gasteiger partial charge in [-0.05, 0) is 44.9 Å². The molecule has 0 amide bonds. The molecule has 8 nitrogen and oxygen atoms in total. The van der Waals surface area contributed by atoms with Crippen molar-refractivity contribution in [1.82, 2.24) is 19.8 Å². The van der Waals surface area contributed by atoms with Crippen molar-refractivity contribution in [1.29, 1.82) is 5.41 Å². The van der Waals surface area contributed by atoms with Gasteiger partial charge in [-0.2, -0.15) is 0 Å². The Bertz CT molecular complexity index is 1250. The number of ether oxygens (including phenoxy) is 1. The molecule has 0 bridgehead atoms. The second-order valence-corrected chi connectivity index (χ2v) is 10.0. The van der Waals surface area contributed by atoms with Gasteiger partial charge in [-0.25, -0.2) is 18.7 Å². The number of hydrogen-bond donors (Lipinski definition) is 3. The summed E-state index contributed by atoms with van der Waals surface area (Å²) in [5, 5.41) is 12.1. The number of para-hydroxylation sites is 1. The van der Waals surface area contributed by atoms with E-state index in [1.807, 2.05) is 6.07 Å². The maximum atomic E-state index is 15.1. The van der Waals surface area contributed by atoms with Crippen molar-refractivity contribution in [3.05, 3.63) is 71.6 Å². The predicted molar refractivity (Wildman–Crippen MR) is 144 cm³/mol. The Hall–Kier alpha value is -3.63. The topological polar surface area (TPSA) is 103 Å². The molecule has 5 rings (SSSR count). The number of rotatable bonds is 7. The molecule has 2 fully saturated rings. The molecule has 4 N–H and O–H groups in total. The summed E-state index contributed by atoms with van der Waals surface area (Å²) in [6.07, 6.45) is 5.28. The minimum Gasteiger partial charge on any atom is -0.457 e. The number of nitrogens with zero attached hydrogens (tertiary/aromatic N) is 4. The Morgan fingerprint density at radius 2 is 1.61 bits per heavy atom. The molecule has 2 aromatic carbocycles. The monoisotopic (exact) mass is 521 g/mol. The molecule has 200 valence electrons. The van der Waals surface area contributed by atoms with E-state index in [9.17, 15) is 0 Å². The van der Waals surface area contributed by atoms with E-state index in [1.54, 1.807) is 24.3 Å². The lowest BCUT2D eigenvalue weighted by Gasteiger charge is -2.41. The summed E-state index contributed by atoms with van der Waals surface area (Å²) in [5.74, 6) is -1.11. The van der Waals surface area contributed by atoms with Crippen LogP contribution in [-0.4, -0.2) is 70.8 Å². The van der Waals surface area contributed by atoms with Crippen LogP contribution in [0.25, 0.3) is 0 Å². The Balaban J connectivity index is 1.30. The number of nitrogen functional groups attached to an aromatic ring is 1. The number of likely N-dealkylation sites (N-methyl/N-ethyl adjacent to an activating group) is 1. The van der Waals surface area contributed by atoms with Crippen molar-refractivity contribution < 1.29 is 13.5 Å². The second-order valence-electron chi connectivity index (χ2n) is 10.0. The molecule has 1 aromatic heterocycles. The molecule has 0 atom stereocenters. The van der Waals surface area contributed by atoms with Gasteiger partial charge in [0.25, 0.3) is 0 Å². The first-order valence-electron chi connectivity index (χ1n) is 13.0. The molecule has 2 aliphatic rings. The Morgan fingerprint density at radius 1 is 0.947 bits per heavy atom. The molecule has 38 heavy (non-hydrogen) atoms. The molecule has 0 spiro atoms. The van der Waals surface area contributed by atoms with E-state index in [-0.39, 0.29) is 23.2 Å². The maximum absolute atomic E-state index is 15.1. The molecular weight excluding hydrogens is 488 g/mol. The van der Waals surface area contributed by atoms with Crippen molar-refractivity contribution in [3.8, 4) is 11.5 Å². The lowest BCUT2D eigenvalue weighted by atomic mass is 9.89. The van der Waals surface area contributed by atoms with Crippen LogP contribution >= 0.6 is 0 Å². The summed E-state index contributed by atoms with van der Waals surface area (Å²) in [6, 6.07) is 11.5. The highest BCUT2D eigenvalue weighted by molar-refractivity contribution is 6.16. The number of halogens is 2. The zero-order chi connectivity index (χ0) is 26.6. The Labute approximate surface area is 221 Å². The van der Waals surface area contributed by atoms with Crippen molar-refractivity contribution in [3.63, 3.8) is 0 Å². The fourth-order valence-corrected chi connectivity index (χ4v) is 5.32. The lowest BCUT2D eigenvalue weighted by molar-refractivity contribution is 0.0894. The summed E-state index contributed by atoms with van der Waals surface area (Å²) >= 11 is 0. The van der Waals surface area contributed by atoms with Gasteiger partial charge < -0.3 is 20.7 Å². The zero-order valence-corrected chi connectivity index (χ0v) is 21.5. The van der Waals surface area contributed by atoms with E-state index in [1.165, 1.54) is 6.33 Å². The van der Waals surface area contributed by atoms with Gasteiger partial charge in [0.2, 0.25) is 0 Å². The largest absolute Gasteiger partial charge is 0.457 e. The third kappa shape index (κ3) is 5.76. The third-order valence-corrected chi connectivity index (χ3v) is 7.46. The van der Waals surface area contributed by atoms with Crippen molar-refractivity contribution in [2.75, 3.05) is 44.3 Å². The molecule has 2 heterocycles. The van der Waals surface area contributed by atoms with Crippen LogP contribution in [0.4, 0.5) is 20.4 Å². The van der Waals surface area contributed by atoms with E-state index in [0.29, 0.717) is 17.6 Å². The first-order valence-corrected chi connectivity index (χ1v) is 13.0. The number of nitrogens with one attached hydrogen (secondary N) is 2. The quantitative estimate of drug-likeness (QED) is 0.393. The first kappa shape index (κ1) is 26.0. The first-order chi connectivity index (χ1) is 18.4. The number of anilines is 2. The van der Waals surface area contributed by atoms with Crippen LogP contribution in [0.15, 0.2) is 48.8 Å². The average molecular weight is 522 g/mol. The van der Waals surface area contributed by atoms with Gasteiger partial charge in [0, 0.05) is 50.4 Å². The number of benzene rings is 2. The molecule has 10 heteroatoms. The highest BCUT2D eigenvalue weighted by Gasteiger charge is 2.29. The van der Waals surface area contributed by atoms with Crippen molar-refractivity contribution >= 4 is 17.3 Å². The molecule has 0 radical (unpaired) electrons. The van der Waals surface area contributed by atoms with Crippen LogP contribution in [-0.2, 0) is 0 Å². The van der Waals surface area contributed by atoms with Gasteiger partial charge >= 0.3 is 0 Å².